The zero-order valence-corrected chi connectivity index (χ0v) is 8.31. The number of nitrogens with two attached hydrogens (primary N) is 1. The molecule has 0 heterocycles. The third-order valence-corrected chi connectivity index (χ3v) is 1.81. The van der Waals surface area contributed by atoms with E-state index in [4.69, 9.17) is 10.5 Å². The molecule has 74 valence electrons. The summed E-state index contributed by atoms with van der Waals surface area (Å²) in [4.78, 5) is 0. The molecule has 0 amide bonds. The van der Waals surface area contributed by atoms with E-state index >= 15 is 0 Å². The van der Waals surface area contributed by atoms with Gasteiger partial charge in [0.1, 0.15) is 0 Å². The number of hydrogen-bond donors (Lipinski definition) is 2. The lowest BCUT2D eigenvalue weighted by Crippen LogP contribution is -2.35. The van der Waals surface area contributed by atoms with Gasteiger partial charge in [-0.05, 0) is 19.4 Å². The molecule has 0 rings (SSSR count). The number of unbranched alkanes of at least 4 members (excludes halogenated alkanes) is 1. The molecule has 12 heavy (non-hydrogen) atoms. The van der Waals surface area contributed by atoms with Gasteiger partial charge in [-0.3, -0.25) is 0 Å². The van der Waals surface area contributed by atoms with E-state index < -0.39 is 0 Å². The minimum Gasteiger partial charge on any atom is -0.385 e. The van der Waals surface area contributed by atoms with Gasteiger partial charge in [-0.25, -0.2) is 0 Å². The molecule has 1 unspecified atom stereocenters. The van der Waals surface area contributed by atoms with Crippen molar-refractivity contribution in [1.29, 1.82) is 0 Å². The molecule has 0 aliphatic carbocycles. The van der Waals surface area contributed by atoms with Crippen LogP contribution in [0.25, 0.3) is 0 Å². The molecule has 3 nitrogen and oxygen atoms in total. The summed E-state index contributed by atoms with van der Waals surface area (Å²) in [5.41, 5.74) is 5.80. The Hall–Kier alpha value is -0.120. The summed E-state index contributed by atoms with van der Waals surface area (Å²) >= 11 is 0. The van der Waals surface area contributed by atoms with Crippen molar-refractivity contribution in [3.8, 4) is 0 Å². The van der Waals surface area contributed by atoms with Crippen LogP contribution in [0.2, 0.25) is 0 Å². The standard InChI is InChI=1S/C9H22N2O/c1-3-4-6-11-8-9(10)5-7-12-2/h9,11H,3-8,10H2,1-2H3. The molecule has 0 aromatic rings. The Morgan fingerprint density at radius 1 is 1.50 bits per heavy atom. The minimum absolute atomic E-state index is 0.238. The van der Waals surface area contributed by atoms with Gasteiger partial charge in [-0.15, -0.1) is 0 Å². The maximum Gasteiger partial charge on any atom is 0.0477 e. The predicted octanol–water partition coefficient (Wildman–Crippen LogP) is 0.740. The lowest BCUT2D eigenvalue weighted by Gasteiger charge is -2.11. The predicted molar refractivity (Wildman–Crippen MR) is 52.2 cm³/mol. The van der Waals surface area contributed by atoms with Gasteiger partial charge in [0.25, 0.3) is 0 Å². The van der Waals surface area contributed by atoms with E-state index in [1.807, 2.05) is 0 Å². The monoisotopic (exact) mass is 174 g/mol. The first-order valence-electron chi connectivity index (χ1n) is 4.76. The summed E-state index contributed by atoms with van der Waals surface area (Å²) in [7, 11) is 1.71. The number of ether oxygens (including phenoxy) is 1. The second-order valence-electron chi connectivity index (χ2n) is 3.10. The third kappa shape index (κ3) is 7.98. The lowest BCUT2D eigenvalue weighted by atomic mass is 10.2. The van der Waals surface area contributed by atoms with Crippen LogP contribution in [0.15, 0.2) is 0 Å². The van der Waals surface area contributed by atoms with Crippen LogP contribution in [-0.4, -0.2) is 32.8 Å². The van der Waals surface area contributed by atoms with Crippen molar-refractivity contribution in [2.24, 2.45) is 5.73 Å². The number of rotatable bonds is 8. The third-order valence-electron chi connectivity index (χ3n) is 1.81. The Kier molecular flexibility index (Phi) is 8.88. The van der Waals surface area contributed by atoms with Crippen molar-refractivity contribution in [2.75, 3.05) is 26.8 Å². The largest absolute Gasteiger partial charge is 0.385 e. The van der Waals surface area contributed by atoms with Crippen molar-refractivity contribution in [1.82, 2.24) is 5.32 Å². The smallest absolute Gasteiger partial charge is 0.0477 e. The zero-order chi connectivity index (χ0) is 9.23. The van der Waals surface area contributed by atoms with Gasteiger partial charge in [0.15, 0.2) is 0 Å². The van der Waals surface area contributed by atoms with E-state index in [0.717, 1.165) is 26.1 Å². The van der Waals surface area contributed by atoms with E-state index in [1.54, 1.807) is 7.11 Å². The van der Waals surface area contributed by atoms with Crippen molar-refractivity contribution in [2.45, 2.75) is 32.2 Å². The number of nitrogens with one attached hydrogen (secondary N) is 1. The molecule has 0 bridgehead atoms. The second kappa shape index (κ2) is 8.97. The van der Waals surface area contributed by atoms with Gasteiger partial charge in [-0.2, -0.15) is 0 Å². The van der Waals surface area contributed by atoms with Crippen LogP contribution >= 0.6 is 0 Å². The SMILES string of the molecule is CCCCNCC(N)CCOC. The highest BCUT2D eigenvalue weighted by atomic mass is 16.5. The molecular formula is C9H22N2O. The maximum absolute atomic E-state index is 5.80. The van der Waals surface area contributed by atoms with Crippen LogP contribution in [0.1, 0.15) is 26.2 Å². The summed E-state index contributed by atoms with van der Waals surface area (Å²) in [6.45, 7) is 4.93. The van der Waals surface area contributed by atoms with Crippen molar-refractivity contribution < 1.29 is 4.74 Å². The highest BCUT2D eigenvalue weighted by Crippen LogP contribution is 1.87. The average molecular weight is 174 g/mol. The topological polar surface area (TPSA) is 47.3 Å². The Morgan fingerprint density at radius 3 is 2.83 bits per heavy atom. The Bertz CT molecular complexity index is 88.6. The summed E-state index contributed by atoms with van der Waals surface area (Å²) in [5, 5.41) is 3.31. The molecule has 0 saturated carbocycles. The number of hydrogen-bond acceptors (Lipinski definition) is 3. The van der Waals surface area contributed by atoms with Crippen molar-refractivity contribution >= 4 is 0 Å². The van der Waals surface area contributed by atoms with Crippen molar-refractivity contribution in [3.63, 3.8) is 0 Å². The van der Waals surface area contributed by atoms with Crippen LogP contribution in [0.3, 0.4) is 0 Å². The summed E-state index contributed by atoms with van der Waals surface area (Å²) in [5.74, 6) is 0. The van der Waals surface area contributed by atoms with E-state index in [2.05, 4.69) is 12.2 Å². The fraction of sp³-hybridized carbons (Fsp3) is 1.00. The van der Waals surface area contributed by atoms with Crippen molar-refractivity contribution in [3.05, 3.63) is 0 Å². The van der Waals surface area contributed by atoms with E-state index in [9.17, 15) is 0 Å². The van der Waals surface area contributed by atoms with Crippen LogP contribution in [0.4, 0.5) is 0 Å². The molecule has 0 fully saturated rings. The van der Waals surface area contributed by atoms with E-state index in [0.29, 0.717) is 0 Å². The molecule has 0 spiro atoms. The second-order valence-corrected chi connectivity index (χ2v) is 3.10. The Labute approximate surface area is 75.7 Å². The van der Waals surface area contributed by atoms with Gasteiger partial charge >= 0.3 is 0 Å². The lowest BCUT2D eigenvalue weighted by molar-refractivity contribution is 0.187. The molecule has 0 radical (unpaired) electrons. The van der Waals surface area contributed by atoms with Crippen LogP contribution < -0.4 is 11.1 Å². The van der Waals surface area contributed by atoms with Crippen LogP contribution in [0.5, 0.6) is 0 Å². The average Bonchev–Trinajstić information content (AvgIpc) is 2.09. The fourth-order valence-corrected chi connectivity index (χ4v) is 0.961. The Balaban J connectivity index is 3.02. The highest BCUT2D eigenvalue weighted by molar-refractivity contribution is 4.63. The molecule has 0 aromatic carbocycles. The molecule has 0 saturated heterocycles. The van der Waals surface area contributed by atoms with Gasteiger partial charge in [0, 0.05) is 26.3 Å². The van der Waals surface area contributed by atoms with E-state index in [1.165, 1.54) is 12.8 Å². The first-order valence-corrected chi connectivity index (χ1v) is 4.76. The molecule has 0 aliphatic rings. The van der Waals surface area contributed by atoms with Crippen LogP contribution in [0, 0.1) is 0 Å². The minimum atomic E-state index is 0.238. The van der Waals surface area contributed by atoms with Gasteiger partial charge in [-0.1, -0.05) is 13.3 Å². The van der Waals surface area contributed by atoms with Gasteiger partial charge in [0.2, 0.25) is 0 Å². The quantitative estimate of drug-likeness (QED) is 0.534. The first-order chi connectivity index (χ1) is 5.81. The molecule has 0 aliphatic heterocycles. The summed E-state index contributed by atoms with van der Waals surface area (Å²) < 4.78 is 4.93. The fourth-order valence-electron chi connectivity index (χ4n) is 0.961. The molecule has 0 aromatic heterocycles. The number of methoxy groups -OCH3 is 1. The summed E-state index contributed by atoms with van der Waals surface area (Å²) in [6.07, 6.45) is 3.41. The van der Waals surface area contributed by atoms with Crippen LogP contribution in [-0.2, 0) is 4.74 Å². The summed E-state index contributed by atoms with van der Waals surface area (Å²) in [6, 6.07) is 0.238. The molecule has 3 heteroatoms. The Morgan fingerprint density at radius 2 is 2.25 bits per heavy atom. The highest BCUT2D eigenvalue weighted by Gasteiger charge is 1.99. The maximum atomic E-state index is 5.80. The van der Waals surface area contributed by atoms with Gasteiger partial charge in [0.05, 0.1) is 0 Å². The molecular weight excluding hydrogens is 152 g/mol. The normalized spacial score (nSPS) is 13.2. The molecule has 3 N–H and O–H groups in total. The molecule has 1 atom stereocenters. The van der Waals surface area contributed by atoms with E-state index in [-0.39, 0.29) is 6.04 Å². The van der Waals surface area contributed by atoms with Gasteiger partial charge < -0.3 is 15.8 Å². The zero-order valence-electron chi connectivity index (χ0n) is 8.31. The first kappa shape index (κ1) is 11.9.